The van der Waals surface area contributed by atoms with Crippen molar-refractivity contribution in [3.8, 4) is 0 Å². The van der Waals surface area contributed by atoms with Crippen LogP contribution in [0.25, 0.3) is 0 Å². The third-order valence-corrected chi connectivity index (χ3v) is 5.98. The van der Waals surface area contributed by atoms with Gasteiger partial charge in [-0.2, -0.15) is 11.8 Å². The van der Waals surface area contributed by atoms with E-state index in [9.17, 15) is 4.79 Å². The molecule has 5 heteroatoms. The van der Waals surface area contributed by atoms with E-state index in [4.69, 9.17) is 11.6 Å². The summed E-state index contributed by atoms with van der Waals surface area (Å²) in [6.45, 7) is 1.01. The number of hydrogen-bond acceptors (Lipinski definition) is 3. The Bertz CT molecular complexity index is 498. The fourth-order valence-electron chi connectivity index (χ4n) is 3.12. The van der Waals surface area contributed by atoms with Crippen LogP contribution in [0.1, 0.15) is 37.3 Å². The van der Waals surface area contributed by atoms with Crippen LogP contribution in [0.15, 0.2) is 24.3 Å². The number of thioether (sulfide) groups is 1. The highest BCUT2D eigenvalue weighted by Gasteiger charge is 2.30. The monoisotopic (exact) mass is 338 g/mol. The second-order valence-corrected chi connectivity index (χ2v) is 7.80. The largest absolute Gasteiger partial charge is 0.349 e. The van der Waals surface area contributed by atoms with Crippen molar-refractivity contribution >= 4 is 29.3 Å². The first kappa shape index (κ1) is 16.2. The first-order chi connectivity index (χ1) is 10.7. The molecule has 3 nitrogen and oxygen atoms in total. The summed E-state index contributed by atoms with van der Waals surface area (Å²) in [5.74, 6) is 2.90. The fourth-order valence-corrected chi connectivity index (χ4v) is 4.20. The minimum absolute atomic E-state index is 0.134. The molecule has 0 bridgehead atoms. The Balaban J connectivity index is 1.62. The number of halogens is 1. The molecule has 1 heterocycles. The normalized spacial score (nSPS) is 23.6. The predicted molar refractivity (Wildman–Crippen MR) is 93.4 cm³/mol. The number of carbonyl (C=O) groups excluding carboxylic acids is 1. The van der Waals surface area contributed by atoms with Crippen LogP contribution < -0.4 is 10.6 Å². The number of amides is 1. The van der Waals surface area contributed by atoms with E-state index in [1.165, 1.54) is 24.8 Å². The number of nitrogens with one attached hydrogen (secondary N) is 2. The van der Waals surface area contributed by atoms with Crippen LogP contribution in [-0.4, -0.2) is 30.0 Å². The maximum Gasteiger partial charge on any atom is 0.222 e. The molecule has 2 atom stereocenters. The number of hydrogen-bond donors (Lipinski definition) is 2. The molecule has 1 saturated heterocycles. The van der Waals surface area contributed by atoms with E-state index >= 15 is 0 Å². The molecule has 22 heavy (non-hydrogen) atoms. The van der Waals surface area contributed by atoms with Gasteiger partial charge in [0.15, 0.2) is 0 Å². The zero-order valence-electron chi connectivity index (χ0n) is 12.7. The van der Waals surface area contributed by atoms with Crippen LogP contribution in [-0.2, 0) is 4.79 Å². The van der Waals surface area contributed by atoms with Crippen molar-refractivity contribution in [2.24, 2.45) is 5.92 Å². The zero-order valence-corrected chi connectivity index (χ0v) is 14.3. The van der Waals surface area contributed by atoms with Gasteiger partial charge in [0.2, 0.25) is 5.91 Å². The van der Waals surface area contributed by atoms with Crippen LogP contribution in [0.5, 0.6) is 0 Å². The van der Waals surface area contributed by atoms with Gasteiger partial charge in [-0.15, -0.1) is 0 Å². The Morgan fingerprint density at radius 1 is 1.36 bits per heavy atom. The lowest BCUT2D eigenvalue weighted by molar-refractivity contribution is -0.122. The average molecular weight is 339 g/mol. The van der Waals surface area contributed by atoms with Crippen LogP contribution in [0.4, 0.5) is 0 Å². The molecule has 1 aliphatic heterocycles. The summed E-state index contributed by atoms with van der Waals surface area (Å²) in [4.78, 5) is 12.4. The summed E-state index contributed by atoms with van der Waals surface area (Å²) < 4.78 is 0. The number of benzene rings is 1. The van der Waals surface area contributed by atoms with Crippen LogP contribution in [0.2, 0.25) is 5.02 Å². The highest BCUT2D eigenvalue weighted by atomic mass is 35.5. The van der Waals surface area contributed by atoms with E-state index in [2.05, 4.69) is 10.6 Å². The molecular formula is C17H23ClN2OS. The lowest BCUT2D eigenvalue weighted by atomic mass is 9.77. The van der Waals surface area contributed by atoms with Gasteiger partial charge in [-0.3, -0.25) is 4.79 Å². The van der Waals surface area contributed by atoms with Crippen molar-refractivity contribution in [3.05, 3.63) is 34.9 Å². The first-order valence-electron chi connectivity index (χ1n) is 8.08. The molecule has 1 amide bonds. The lowest BCUT2D eigenvalue weighted by Gasteiger charge is -2.35. The maximum atomic E-state index is 12.4. The summed E-state index contributed by atoms with van der Waals surface area (Å²) in [5.41, 5.74) is 1.17. The topological polar surface area (TPSA) is 41.1 Å². The highest BCUT2D eigenvalue weighted by molar-refractivity contribution is 7.99. The molecule has 3 rings (SSSR count). The molecule has 1 saturated carbocycles. The Hall–Kier alpha value is -0.710. The summed E-state index contributed by atoms with van der Waals surface area (Å²) in [6.07, 6.45) is 4.24. The van der Waals surface area contributed by atoms with Gasteiger partial charge < -0.3 is 10.6 Å². The van der Waals surface area contributed by atoms with Gasteiger partial charge in [-0.05, 0) is 36.5 Å². The molecule has 2 fully saturated rings. The van der Waals surface area contributed by atoms with Crippen molar-refractivity contribution in [2.75, 3.05) is 18.1 Å². The summed E-state index contributed by atoms with van der Waals surface area (Å²) in [5, 5.41) is 7.44. The summed E-state index contributed by atoms with van der Waals surface area (Å²) >= 11 is 7.91. The van der Waals surface area contributed by atoms with Crippen molar-refractivity contribution < 1.29 is 4.79 Å². The van der Waals surface area contributed by atoms with E-state index in [1.54, 1.807) is 0 Å². The van der Waals surface area contributed by atoms with Crippen LogP contribution in [0.3, 0.4) is 0 Å². The minimum atomic E-state index is 0.134. The van der Waals surface area contributed by atoms with Gasteiger partial charge in [0.1, 0.15) is 0 Å². The maximum absolute atomic E-state index is 12.4. The van der Waals surface area contributed by atoms with Crippen molar-refractivity contribution in [1.29, 1.82) is 0 Å². The van der Waals surface area contributed by atoms with E-state index < -0.39 is 0 Å². The lowest BCUT2D eigenvalue weighted by Crippen LogP contribution is -2.43. The summed E-state index contributed by atoms with van der Waals surface area (Å²) in [7, 11) is 0. The summed E-state index contributed by atoms with van der Waals surface area (Å²) in [6, 6.07) is 8.35. The van der Waals surface area contributed by atoms with Gasteiger partial charge in [-0.25, -0.2) is 0 Å². The first-order valence-corrected chi connectivity index (χ1v) is 9.61. The molecule has 0 aromatic heterocycles. The van der Waals surface area contributed by atoms with E-state index in [1.807, 2.05) is 36.0 Å². The molecule has 0 radical (unpaired) electrons. The smallest absolute Gasteiger partial charge is 0.222 e. The van der Waals surface area contributed by atoms with Gasteiger partial charge in [-0.1, -0.05) is 30.2 Å². The zero-order chi connectivity index (χ0) is 15.4. The standard InChI is InChI=1S/C17H23ClN2OS/c18-14-6-4-13(5-7-14)17(12-2-1-3-12)20-16(21)10-15-11-22-9-8-19-15/h4-7,12,15,17,19H,1-3,8-11H2,(H,20,21). The molecule has 2 unspecified atom stereocenters. The third-order valence-electron chi connectivity index (χ3n) is 4.60. The molecule has 2 aliphatic rings. The predicted octanol–water partition coefficient (Wildman–Crippen LogP) is 3.39. The van der Waals surface area contributed by atoms with Gasteiger partial charge in [0.05, 0.1) is 6.04 Å². The third kappa shape index (κ3) is 4.18. The van der Waals surface area contributed by atoms with Crippen molar-refractivity contribution in [1.82, 2.24) is 10.6 Å². The Morgan fingerprint density at radius 3 is 2.73 bits per heavy atom. The molecule has 120 valence electrons. The van der Waals surface area contributed by atoms with Gasteiger partial charge in [0, 0.05) is 35.5 Å². The van der Waals surface area contributed by atoms with Crippen molar-refractivity contribution in [3.63, 3.8) is 0 Å². The fraction of sp³-hybridized carbons (Fsp3) is 0.588. The number of carbonyl (C=O) groups is 1. The SMILES string of the molecule is O=C(CC1CSCCN1)NC(c1ccc(Cl)cc1)C1CCC1. The average Bonchev–Trinajstić information content (AvgIpc) is 2.46. The Labute approximate surface area is 141 Å². The minimum Gasteiger partial charge on any atom is -0.349 e. The highest BCUT2D eigenvalue weighted by Crippen LogP contribution is 2.38. The van der Waals surface area contributed by atoms with E-state index in [-0.39, 0.29) is 11.9 Å². The molecule has 1 aromatic carbocycles. The van der Waals surface area contributed by atoms with Crippen molar-refractivity contribution in [2.45, 2.75) is 37.8 Å². The molecule has 0 spiro atoms. The molecule has 2 N–H and O–H groups in total. The van der Waals surface area contributed by atoms with E-state index in [0.717, 1.165) is 23.1 Å². The van der Waals surface area contributed by atoms with Crippen LogP contribution in [0, 0.1) is 5.92 Å². The Kier molecular flexibility index (Phi) is 5.66. The Morgan fingerprint density at radius 2 is 2.14 bits per heavy atom. The van der Waals surface area contributed by atoms with Gasteiger partial charge >= 0.3 is 0 Å². The molecule has 1 aliphatic carbocycles. The second-order valence-electron chi connectivity index (χ2n) is 6.22. The van der Waals surface area contributed by atoms with Gasteiger partial charge in [0.25, 0.3) is 0 Å². The molecular weight excluding hydrogens is 316 g/mol. The van der Waals surface area contributed by atoms with E-state index in [0.29, 0.717) is 18.4 Å². The number of rotatable bonds is 5. The van der Waals surface area contributed by atoms with Crippen LogP contribution >= 0.6 is 23.4 Å². The molecule has 1 aromatic rings. The second kappa shape index (κ2) is 7.71. The quantitative estimate of drug-likeness (QED) is 0.864.